The monoisotopic (exact) mass is 181 g/mol. The molecule has 0 amide bonds. The molecule has 2 nitrogen and oxygen atoms in total. The Bertz CT molecular complexity index is 246. The van der Waals surface area contributed by atoms with E-state index in [1.165, 1.54) is 11.4 Å². The lowest BCUT2D eigenvalue weighted by atomic mass is 10.2. The molecule has 1 rings (SSSR count). The number of rotatable bonds is 4. The maximum atomic E-state index is 5.21. The first-order valence-corrected chi connectivity index (χ1v) is 4.84. The molecule has 0 aliphatic rings. The molecular weight excluding hydrogens is 162 g/mol. The molecule has 1 aromatic rings. The maximum Gasteiger partial charge on any atom is 0.0670 e. The Morgan fingerprint density at radius 1 is 1.31 bits per heavy atom. The van der Waals surface area contributed by atoms with Gasteiger partial charge in [-0.2, -0.15) is 0 Å². The van der Waals surface area contributed by atoms with E-state index in [9.17, 15) is 0 Å². The summed E-state index contributed by atoms with van der Waals surface area (Å²) in [6, 6.07) is 4.81. The van der Waals surface area contributed by atoms with Crippen LogP contribution in [0.15, 0.2) is 12.1 Å². The third-order valence-electron chi connectivity index (χ3n) is 2.52. The first kappa shape index (κ1) is 10.3. The minimum absolute atomic E-state index is 0.486. The molecule has 0 N–H and O–H groups in total. The molecule has 13 heavy (non-hydrogen) atoms. The van der Waals surface area contributed by atoms with Crippen LogP contribution in [0.3, 0.4) is 0 Å². The van der Waals surface area contributed by atoms with Crippen LogP contribution in [0.25, 0.3) is 0 Å². The highest BCUT2D eigenvalue weighted by Crippen LogP contribution is 2.18. The molecular formula is C11H19NO. The highest BCUT2D eigenvalue weighted by Gasteiger charge is 2.11. The molecule has 0 fully saturated rings. The molecule has 1 unspecified atom stereocenters. The van der Waals surface area contributed by atoms with E-state index in [1.807, 2.05) is 0 Å². The summed E-state index contributed by atoms with van der Waals surface area (Å²) in [5.41, 5.74) is 2.64. The molecule has 0 aromatic carbocycles. The van der Waals surface area contributed by atoms with E-state index >= 15 is 0 Å². The normalized spacial score (nSPS) is 13.2. The molecule has 0 aliphatic carbocycles. The van der Waals surface area contributed by atoms with E-state index in [-0.39, 0.29) is 0 Å². The van der Waals surface area contributed by atoms with Crippen LogP contribution in [-0.4, -0.2) is 18.3 Å². The van der Waals surface area contributed by atoms with Gasteiger partial charge >= 0.3 is 0 Å². The Kier molecular flexibility index (Phi) is 3.55. The molecule has 0 aliphatic heterocycles. The summed E-state index contributed by atoms with van der Waals surface area (Å²) in [7, 11) is 1.76. The maximum absolute atomic E-state index is 5.21. The van der Waals surface area contributed by atoms with Gasteiger partial charge in [0.2, 0.25) is 0 Å². The minimum atomic E-state index is 0.486. The van der Waals surface area contributed by atoms with Crippen LogP contribution in [0, 0.1) is 13.8 Å². The Hall–Kier alpha value is -0.760. The predicted molar refractivity (Wildman–Crippen MR) is 55.1 cm³/mol. The third-order valence-corrected chi connectivity index (χ3v) is 2.52. The van der Waals surface area contributed by atoms with Crippen LogP contribution in [-0.2, 0) is 4.74 Å². The lowest BCUT2D eigenvalue weighted by molar-refractivity contribution is 0.151. The quantitative estimate of drug-likeness (QED) is 0.696. The van der Waals surface area contributed by atoms with E-state index in [1.54, 1.807) is 7.11 Å². The number of aromatic nitrogens is 1. The molecule has 0 radical (unpaired) electrons. The van der Waals surface area contributed by atoms with Gasteiger partial charge in [0, 0.05) is 18.5 Å². The van der Waals surface area contributed by atoms with E-state index in [0.717, 1.165) is 13.0 Å². The van der Waals surface area contributed by atoms with Crippen molar-refractivity contribution < 1.29 is 4.74 Å². The molecule has 0 spiro atoms. The molecule has 1 heterocycles. The van der Waals surface area contributed by atoms with Crippen molar-refractivity contribution >= 4 is 0 Å². The first-order valence-electron chi connectivity index (χ1n) is 4.84. The van der Waals surface area contributed by atoms with Crippen molar-refractivity contribution in [1.82, 2.24) is 4.57 Å². The number of aryl methyl sites for hydroxylation is 2. The van der Waals surface area contributed by atoms with Crippen LogP contribution in [0.2, 0.25) is 0 Å². The molecule has 74 valence electrons. The zero-order chi connectivity index (χ0) is 9.84. The average Bonchev–Trinajstić information content (AvgIpc) is 2.43. The number of methoxy groups -OCH3 is 1. The smallest absolute Gasteiger partial charge is 0.0670 e. The standard InChI is InChI=1S/C11H19NO/c1-5-11(8-13-4)12-9(2)6-7-10(12)3/h6-7,11H,5,8H2,1-4H3. The minimum Gasteiger partial charge on any atom is -0.383 e. The zero-order valence-electron chi connectivity index (χ0n) is 9.00. The van der Waals surface area contributed by atoms with Crippen LogP contribution >= 0.6 is 0 Å². The summed E-state index contributed by atoms with van der Waals surface area (Å²) >= 11 is 0. The largest absolute Gasteiger partial charge is 0.383 e. The van der Waals surface area contributed by atoms with Crippen molar-refractivity contribution in [3.63, 3.8) is 0 Å². The molecule has 2 heteroatoms. The van der Waals surface area contributed by atoms with Crippen molar-refractivity contribution in [1.29, 1.82) is 0 Å². The zero-order valence-corrected chi connectivity index (χ0v) is 9.00. The Morgan fingerprint density at radius 2 is 1.85 bits per heavy atom. The van der Waals surface area contributed by atoms with E-state index in [4.69, 9.17) is 4.74 Å². The summed E-state index contributed by atoms with van der Waals surface area (Å²) in [6.07, 6.45) is 1.12. The van der Waals surface area contributed by atoms with Crippen molar-refractivity contribution in [2.45, 2.75) is 33.2 Å². The van der Waals surface area contributed by atoms with Gasteiger partial charge in [-0.15, -0.1) is 0 Å². The fraction of sp³-hybridized carbons (Fsp3) is 0.636. The number of ether oxygens (including phenoxy) is 1. The molecule has 0 saturated carbocycles. The van der Waals surface area contributed by atoms with E-state index in [2.05, 4.69) is 37.5 Å². The van der Waals surface area contributed by atoms with Crippen molar-refractivity contribution in [2.24, 2.45) is 0 Å². The van der Waals surface area contributed by atoms with Crippen molar-refractivity contribution in [3.05, 3.63) is 23.5 Å². The molecule has 1 atom stereocenters. The highest BCUT2D eigenvalue weighted by atomic mass is 16.5. The average molecular weight is 181 g/mol. The summed E-state index contributed by atoms with van der Waals surface area (Å²) in [5.74, 6) is 0. The van der Waals surface area contributed by atoms with Crippen LogP contribution in [0.1, 0.15) is 30.8 Å². The Morgan fingerprint density at radius 3 is 2.23 bits per heavy atom. The van der Waals surface area contributed by atoms with Gasteiger partial charge in [-0.25, -0.2) is 0 Å². The SMILES string of the molecule is CCC(COC)n1c(C)ccc1C. The number of nitrogens with zero attached hydrogens (tertiary/aromatic N) is 1. The van der Waals surface area contributed by atoms with E-state index < -0.39 is 0 Å². The van der Waals surface area contributed by atoms with Gasteiger partial charge in [-0.3, -0.25) is 0 Å². The summed E-state index contributed by atoms with van der Waals surface area (Å²) < 4.78 is 7.56. The number of hydrogen-bond donors (Lipinski definition) is 0. The fourth-order valence-corrected chi connectivity index (χ4v) is 1.82. The number of hydrogen-bond acceptors (Lipinski definition) is 1. The second kappa shape index (κ2) is 4.47. The van der Waals surface area contributed by atoms with Gasteiger partial charge in [0.15, 0.2) is 0 Å². The second-order valence-electron chi connectivity index (χ2n) is 3.50. The second-order valence-corrected chi connectivity index (χ2v) is 3.50. The topological polar surface area (TPSA) is 14.2 Å². The van der Waals surface area contributed by atoms with Gasteiger partial charge in [0.1, 0.15) is 0 Å². The molecule has 1 aromatic heterocycles. The van der Waals surface area contributed by atoms with Crippen LogP contribution in [0.4, 0.5) is 0 Å². The fourth-order valence-electron chi connectivity index (χ4n) is 1.82. The van der Waals surface area contributed by atoms with Crippen molar-refractivity contribution in [3.8, 4) is 0 Å². The Balaban J connectivity index is 2.89. The van der Waals surface area contributed by atoms with E-state index in [0.29, 0.717) is 6.04 Å². The van der Waals surface area contributed by atoms with Crippen LogP contribution < -0.4 is 0 Å². The van der Waals surface area contributed by atoms with Gasteiger partial charge in [0.25, 0.3) is 0 Å². The molecule has 0 saturated heterocycles. The third kappa shape index (κ3) is 2.13. The van der Waals surface area contributed by atoms with Crippen LogP contribution in [0.5, 0.6) is 0 Å². The van der Waals surface area contributed by atoms with Gasteiger partial charge < -0.3 is 9.30 Å². The van der Waals surface area contributed by atoms with Gasteiger partial charge in [0.05, 0.1) is 12.6 Å². The summed E-state index contributed by atoms with van der Waals surface area (Å²) in [5, 5.41) is 0. The van der Waals surface area contributed by atoms with Gasteiger partial charge in [-0.05, 0) is 32.4 Å². The predicted octanol–water partition coefficient (Wildman–Crippen LogP) is 2.70. The highest BCUT2D eigenvalue weighted by molar-refractivity contribution is 5.15. The summed E-state index contributed by atoms with van der Waals surface area (Å²) in [4.78, 5) is 0. The lowest BCUT2D eigenvalue weighted by Crippen LogP contribution is -2.16. The lowest BCUT2D eigenvalue weighted by Gasteiger charge is -2.20. The van der Waals surface area contributed by atoms with Crippen molar-refractivity contribution in [2.75, 3.05) is 13.7 Å². The Labute approximate surface area is 80.5 Å². The summed E-state index contributed by atoms with van der Waals surface area (Å²) in [6.45, 7) is 7.28. The van der Waals surface area contributed by atoms with Gasteiger partial charge in [-0.1, -0.05) is 6.92 Å². The molecule has 0 bridgehead atoms. The first-order chi connectivity index (χ1) is 6.20.